The van der Waals surface area contributed by atoms with Crippen LogP contribution in [0, 0.1) is 0 Å². The molecule has 0 aliphatic heterocycles. The highest BCUT2D eigenvalue weighted by molar-refractivity contribution is 6.06. The van der Waals surface area contributed by atoms with Crippen molar-refractivity contribution in [2.24, 2.45) is 5.73 Å². The molecule has 0 bridgehead atoms. The van der Waals surface area contributed by atoms with Crippen molar-refractivity contribution in [1.29, 1.82) is 0 Å². The number of carbonyl (C=O) groups excluding carboxylic acids is 1. The van der Waals surface area contributed by atoms with Gasteiger partial charge in [-0.3, -0.25) is 14.9 Å². The lowest BCUT2D eigenvalue weighted by molar-refractivity contribution is 0.0952. The van der Waals surface area contributed by atoms with Crippen LogP contribution in [0.3, 0.4) is 0 Å². The third kappa shape index (κ3) is 4.26. The largest absolute Gasteiger partial charge is 0.349 e. The van der Waals surface area contributed by atoms with E-state index in [9.17, 15) is 4.79 Å². The highest BCUT2D eigenvalue weighted by Gasteiger charge is 2.25. The molecular weight excluding hydrogens is 476 g/mol. The van der Waals surface area contributed by atoms with Crippen LogP contribution in [0.4, 0.5) is 0 Å². The number of carbonyl (C=O) groups is 1. The molecule has 4 aromatic heterocycles. The number of hydrogen-bond acceptors (Lipinski definition) is 6. The fraction of sp³-hybridized carbons (Fsp3) is 0.207. The van der Waals surface area contributed by atoms with Gasteiger partial charge in [0.05, 0.1) is 16.5 Å². The summed E-state index contributed by atoms with van der Waals surface area (Å²) < 4.78 is 0. The van der Waals surface area contributed by atoms with Gasteiger partial charge < -0.3 is 16.0 Å². The summed E-state index contributed by atoms with van der Waals surface area (Å²) in [7, 11) is 0. The minimum Gasteiger partial charge on any atom is -0.349 e. The predicted octanol–water partition coefficient (Wildman–Crippen LogP) is 4.72. The average molecular weight is 503 g/mol. The van der Waals surface area contributed by atoms with Crippen LogP contribution in [-0.4, -0.2) is 48.1 Å². The first-order valence-corrected chi connectivity index (χ1v) is 12.9. The van der Waals surface area contributed by atoms with E-state index in [1.165, 1.54) is 12.8 Å². The van der Waals surface area contributed by atoms with E-state index in [2.05, 4.69) is 42.6 Å². The third-order valence-corrected chi connectivity index (χ3v) is 6.92. The molecule has 188 valence electrons. The minimum atomic E-state index is -0.0898. The Morgan fingerprint density at radius 2 is 1.82 bits per heavy atom. The van der Waals surface area contributed by atoms with Crippen molar-refractivity contribution >= 4 is 38.7 Å². The number of H-pyrrole nitrogens is 2. The molecule has 2 fully saturated rings. The van der Waals surface area contributed by atoms with Gasteiger partial charge in [0, 0.05) is 47.2 Å². The highest BCUT2D eigenvalue weighted by atomic mass is 16.1. The Morgan fingerprint density at radius 3 is 2.63 bits per heavy atom. The van der Waals surface area contributed by atoms with Gasteiger partial charge in [-0.15, -0.1) is 0 Å². The summed E-state index contributed by atoms with van der Waals surface area (Å²) in [5, 5.41) is 13.5. The van der Waals surface area contributed by atoms with Gasteiger partial charge >= 0.3 is 0 Å². The van der Waals surface area contributed by atoms with Gasteiger partial charge in [-0.2, -0.15) is 5.10 Å². The highest BCUT2D eigenvalue weighted by Crippen LogP contribution is 2.32. The zero-order chi connectivity index (χ0) is 25.6. The Labute approximate surface area is 217 Å². The number of amides is 1. The van der Waals surface area contributed by atoms with E-state index in [1.54, 1.807) is 0 Å². The van der Waals surface area contributed by atoms with Crippen LogP contribution < -0.4 is 11.1 Å². The first kappa shape index (κ1) is 22.6. The van der Waals surface area contributed by atoms with Crippen LogP contribution in [0.2, 0.25) is 0 Å². The molecule has 0 atom stereocenters. The first-order valence-electron chi connectivity index (χ1n) is 12.9. The number of fused-ring (bicyclic) bond motifs is 3. The molecule has 4 heterocycles. The molecule has 1 amide bonds. The maximum absolute atomic E-state index is 12.7. The van der Waals surface area contributed by atoms with E-state index in [-0.39, 0.29) is 11.9 Å². The summed E-state index contributed by atoms with van der Waals surface area (Å²) in [5.74, 6) is 0.521. The number of aromatic amines is 2. The zero-order valence-electron chi connectivity index (χ0n) is 20.6. The van der Waals surface area contributed by atoms with E-state index in [0.29, 0.717) is 28.6 Å². The molecule has 9 nitrogen and oxygen atoms in total. The van der Waals surface area contributed by atoms with E-state index in [1.807, 2.05) is 55.0 Å². The summed E-state index contributed by atoms with van der Waals surface area (Å²) in [6.07, 6.45) is 10.1. The number of nitrogens with two attached hydrogens (primary N) is 1. The van der Waals surface area contributed by atoms with E-state index < -0.39 is 0 Å². The summed E-state index contributed by atoms with van der Waals surface area (Å²) in [4.78, 5) is 29.8. The van der Waals surface area contributed by atoms with Crippen LogP contribution in [0.15, 0.2) is 67.1 Å². The number of para-hydroxylation sites is 1. The summed E-state index contributed by atoms with van der Waals surface area (Å²) in [6.45, 7) is 0. The van der Waals surface area contributed by atoms with Crippen LogP contribution in [0.25, 0.3) is 55.5 Å². The maximum atomic E-state index is 12.7. The SMILES string of the molecule is NC1CC1.O=C(NC1CC1)c1cccc2[nH]c(-c3[nH]nc4ncc(-c5cncc6ccccc56)cc34)nc12. The van der Waals surface area contributed by atoms with Gasteiger partial charge in [0.1, 0.15) is 11.2 Å². The molecule has 2 saturated carbocycles. The van der Waals surface area contributed by atoms with Crippen LogP contribution in [0.1, 0.15) is 36.0 Å². The smallest absolute Gasteiger partial charge is 0.253 e. The minimum absolute atomic E-state index is 0.0898. The molecule has 38 heavy (non-hydrogen) atoms. The number of pyridine rings is 2. The monoisotopic (exact) mass is 502 g/mol. The van der Waals surface area contributed by atoms with E-state index in [4.69, 9.17) is 10.7 Å². The number of nitrogens with zero attached hydrogens (tertiary/aromatic N) is 4. The fourth-order valence-electron chi connectivity index (χ4n) is 4.49. The predicted molar refractivity (Wildman–Crippen MR) is 147 cm³/mol. The second kappa shape index (κ2) is 9.04. The van der Waals surface area contributed by atoms with Gasteiger partial charge in [0.25, 0.3) is 5.91 Å². The normalized spacial score (nSPS) is 15.0. The first-order chi connectivity index (χ1) is 18.6. The third-order valence-electron chi connectivity index (χ3n) is 6.92. The summed E-state index contributed by atoms with van der Waals surface area (Å²) in [6, 6.07) is 16.7. The standard InChI is InChI=1S/C26H19N7O.C3H7N/c34-26(29-16-8-9-16)18-6-3-7-21-22(18)31-25(30-21)23-19-10-15(12-28-24(19)33-32-23)20-13-27-11-14-4-1-2-5-17(14)20;4-3-1-2-3/h1-7,10-13,16H,8-9H2,(H,29,34)(H,30,31)(H,28,32,33);3H,1-2,4H2. The molecule has 0 saturated heterocycles. The van der Waals surface area contributed by atoms with Crippen molar-refractivity contribution in [1.82, 2.24) is 35.5 Å². The summed E-state index contributed by atoms with van der Waals surface area (Å²) >= 11 is 0. The molecule has 6 aromatic rings. The van der Waals surface area contributed by atoms with Crippen LogP contribution >= 0.6 is 0 Å². The van der Waals surface area contributed by atoms with E-state index >= 15 is 0 Å². The molecular formula is C29H26N8O. The molecule has 9 heteroatoms. The molecule has 2 aliphatic rings. The number of rotatable bonds is 4. The molecule has 2 aliphatic carbocycles. The lowest BCUT2D eigenvalue weighted by atomic mass is 10.0. The van der Waals surface area contributed by atoms with Crippen molar-refractivity contribution in [3.05, 3.63) is 72.7 Å². The van der Waals surface area contributed by atoms with Crippen molar-refractivity contribution < 1.29 is 4.79 Å². The molecule has 0 spiro atoms. The second-order valence-corrected chi connectivity index (χ2v) is 9.97. The lowest BCUT2D eigenvalue weighted by Gasteiger charge is -2.06. The Kier molecular flexibility index (Phi) is 5.36. The molecule has 0 radical (unpaired) electrons. The number of imidazole rings is 1. The second-order valence-electron chi connectivity index (χ2n) is 9.97. The molecule has 8 rings (SSSR count). The number of hydrogen-bond donors (Lipinski definition) is 4. The quantitative estimate of drug-likeness (QED) is 0.275. The lowest BCUT2D eigenvalue weighted by Crippen LogP contribution is -2.25. The Balaban J connectivity index is 0.000000556. The van der Waals surface area contributed by atoms with Crippen molar-refractivity contribution in [2.45, 2.75) is 37.8 Å². The van der Waals surface area contributed by atoms with Gasteiger partial charge in [-0.05, 0) is 49.3 Å². The molecule has 0 unspecified atom stereocenters. The summed E-state index contributed by atoms with van der Waals surface area (Å²) in [5.41, 5.74) is 10.5. The Morgan fingerprint density at radius 1 is 0.974 bits per heavy atom. The number of benzene rings is 2. The fourth-order valence-corrected chi connectivity index (χ4v) is 4.49. The van der Waals surface area contributed by atoms with Gasteiger partial charge in [0.2, 0.25) is 0 Å². The average Bonchev–Trinajstić information content (AvgIpc) is 3.84. The molecule has 5 N–H and O–H groups in total. The van der Waals surface area contributed by atoms with Gasteiger partial charge in [-0.25, -0.2) is 9.97 Å². The Bertz CT molecular complexity index is 1810. The van der Waals surface area contributed by atoms with Crippen molar-refractivity contribution in [3.63, 3.8) is 0 Å². The van der Waals surface area contributed by atoms with Crippen LogP contribution in [-0.2, 0) is 0 Å². The number of nitrogens with one attached hydrogen (secondary N) is 3. The number of aromatic nitrogens is 6. The maximum Gasteiger partial charge on any atom is 0.253 e. The zero-order valence-corrected chi connectivity index (χ0v) is 20.6. The van der Waals surface area contributed by atoms with Gasteiger partial charge in [0.15, 0.2) is 11.5 Å². The molecule has 2 aromatic carbocycles. The van der Waals surface area contributed by atoms with Crippen LogP contribution in [0.5, 0.6) is 0 Å². The van der Waals surface area contributed by atoms with Gasteiger partial charge in [-0.1, -0.05) is 30.3 Å². The van der Waals surface area contributed by atoms with Crippen molar-refractivity contribution in [3.8, 4) is 22.6 Å². The Hall–Kier alpha value is -4.63. The topological polar surface area (TPSA) is 138 Å². The van der Waals surface area contributed by atoms with Crippen molar-refractivity contribution in [2.75, 3.05) is 0 Å². The van der Waals surface area contributed by atoms with E-state index in [0.717, 1.165) is 51.3 Å².